The van der Waals surface area contributed by atoms with Crippen LogP contribution in [0.1, 0.15) is 36.2 Å². The van der Waals surface area contributed by atoms with Crippen molar-refractivity contribution >= 4 is 11.9 Å². The molecule has 0 fully saturated rings. The average molecular weight is 288 g/mol. The van der Waals surface area contributed by atoms with Gasteiger partial charge >= 0.3 is 5.97 Å². The molecule has 2 N–H and O–H groups in total. The number of nitrogens with zero attached hydrogens (tertiary/aromatic N) is 1. The van der Waals surface area contributed by atoms with Gasteiger partial charge in [0.2, 0.25) is 0 Å². The van der Waals surface area contributed by atoms with Crippen molar-refractivity contribution in [1.82, 2.24) is 9.88 Å². The molecule has 1 aromatic rings. The summed E-state index contributed by atoms with van der Waals surface area (Å²) < 4.78 is 25.8. The Morgan fingerprint density at radius 3 is 2.70 bits per heavy atom. The van der Waals surface area contributed by atoms with Crippen LogP contribution in [0.2, 0.25) is 0 Å². The SMILES string of the molecule is O=C(O)CCCCCNC(=O)c1cccn1CC(F)F. The molecular formula is C13H18F2N2O3. The van der Waals surface area contributed by atoms with Gasteiger partial charge in [-0.3, -0.25) is 9.59 Å². The molecule has 0 bridgehead atoms. The van der Waals surface area contributed by atoms with E-state index in [1.165, 1.54) is 16.8 Å². The van der Waals surface area contributed by atoms with Gasteiger partial charge in [-0.2, -0.15) is 0 Å². The van der Waals surface area contributed by atoms with Gasteiger partial charge in [0.15, 0.2) is 0 Å². The quantitative estimate of drug-likeness (QED) is 0.684. The molecule has 0 saturated heterocycles. The lowest BCUT2D eigenvalue weighted by molar-refractivity contribution is -0.137. The zero-order chi connectivity index (χ0) is 15.0. The summed E-state index contributed by atoms with van der Waals surface area (Å²) in [6.07, 6.45) is 0.968. The summed E-state index contributed by atoms with van der Waals surface area (Å²) in [4.78, 5) is 22.1. The molecule has 0 aliphatic carbocycles. The summed E-state index contributed by atoms with van der Waals surface area (Å²) >= 11 is 0. The third-order valence-electron chi connectivity index (χ3n) is 2.75. The molecule has 0 radical (unpaired) electrons. The summed E-state index contributed by atoms with van der Waals surface area (Å²) in [5.74, 6) is -1.23. The topological polar surface area (TPSA) is 71.3 Å². The molecule has 0 saturated carbocycles. The van der Waals surface area contributed by atoms with Crippen LogP contribution in [0.25, 0.3) is 0 Å². The second kappa shape index (κ2) is 8.29. The molecule has 0 aromatic carbocycles. The van der Waals surface area contributed by atoms with Crippen molar-refractivity contribution < 1.29 is 23.5 Å². The minimum Gasteiger partial charge on any atom is -0.481 e. The highest BCUT2D eigenvalue weighted by molar-refractivity contribution is 5.92. The third-order valence-corrected chi connectivity index (χ3v) is 2.75. The summed E-state index contributed by atoms with van der Waals surface area (Å²) in [6, 6.07) is 3.03. The highest BCUT2D eigenvalue weighted by atomic mass is 19.3. The van der Waals surface area contributed by atoms with Gasteiger partial charge < -0.3 is 15.0 Å². The highest BCUT2D eigenvalue weighted by Crippen LogP contribution is 2.06. The van der Waals surface area contributed by atoms with Crippen LogP contribution in [0.5, 0.6) is 0 Å². The Morgan fingerprint density at radius 1 is 1.30 bits per heavy atom. The van der Waals surface area contributed by atoms with E-state index in [1.54, 1.807) is 6.07 Å². The highest BCUT2D eigenvalue weighted by Gasteiger charge is 2.13. The number of alkyl halides is 2. The fraction of sp³-hybridized carbons (Fsp3) is 0.538. The molecule has 0 spiro atoms. The second-order valence-corrected chi connectivity index (χ2v) is 4.40. The van der Waals surface area contributed by atoms with E-state index in [4.69, 9.17) is 5.11 Å². The van der Waals surface area contributed by atoms with Crippen LogP contribution in [0.15, 0.2) is 18.3 Å². The van der Waals surface area contributed by atoms with Gasteiger partial charge in [-0.1, -0.05) is 6.42 Å². The van der Waals surface area contributed by atoms with Gasteiger partial charge in [0.1, 0.15) is 5.69 Å². The van der Waals surface area contributed by atoms with Crippen molar-refractivity contribution in [1.29, 1.82) is 0 Å². The fourth-order valence-electron chi connectivity index (χ4n) is 1.80. The molecule has 1 aromatic heterocycles. The van der Waals surface area contributed by atoms with Crippen molar-refractivity contribution in [2.75, 3.05) is 6.54 Å². The molecule has 112 valence electrons. The number of aliphatic carboxylic acids is 1. The monoisotopic (exact) mass is 288 g/mol. The summed E-state index contributed by atoms with van der Waals surface area (Å²) in [5, 5.41) is 11.1. The molecule has 0 atom stereocenters. The Bertz CT molecular complexity index is 447. The molecular weight excluding hydrogens is 270 g/mol. The lowest BCUT2D eigenvalue weighted by Gasteiger charge is -2.09. The van der Waals surface area contributed by atoms with E-state index in [2.05, 4.69) is 5.32 Å². The molecule has 0 aliphatic rings. The van der Waals surface area contributed by atoms with E-state index in [-0.39, 0.29) is 12.1 Å². The molecule has 0 aliphatic heterocycles. The minimum atomic E-state index is -2.51. The number of halogens is 2. The van der Waals surface area contributed by atoms with E-state index < -0.39 is 24.8 Å². The van der Waals surface area contributed by atoms with Gasteiger partial charge in [-0.25, -0.2) is 8.78 Å². The average Bonchev–Trinajstić information content (AvgIpc) is 2.80. The van der Waals surface area contributed by atoms with E-state index in [0.29, 0.717) is 25.8 Å². The predicted octanol–water partition coefficient (Wildman–Crippen LogP) is 2.13. The first-order chi connectivity index (χ1) is 9.50. The Labute approximate surface area is 115 Å². The number of carbonyl (C=O) groups excluding carboxylic acids is 1. The first-order valence-electron chi connectivity index (χ1n) is 6.44. The number of hydrogen-bond acceptors (Lipinski definition) is 2. The van der Waals surface area contributed by atoms with Gasteiger partial charge in [0.05, 0.1) is 6.54 Å². The summed E-state index contributed by atoms with van der Waals surface area (Å²) in [6.45, 7) is -0.104. The second-order valence-electron chi connectivity index (χ2n) is 4.40. The first-order valence-corrected chi connectivity index (χ1v) is 6.44. The van der Waals surface area contributed by atoms with Crippen LogP contribution in [0, 0.1) is 0 Å². The molecule has 7 heteroatoms. The Kier molecular flexibility index (Phi) is 6.69. The van der Waals surface area contributed by atoms with E-state index in [1.807, 2.05) is 0 Å². The predicted molar refractivity (Wildman–Crippen MR) is 68.9 cm³/mol. The number of carboxylic acid groups (broad SMARTS) is 1. The van der Waals surface area contributed by atoms with E-state index in [0.717, 1.165) is 0 Å². The zero-order valence-corrected chi connectivity index (χ0v) is 11.0. The number of carbonyl (C=O) groups is 2. The Morgan fingerprint density at radius 2 is 2.05 bits per heavy atom. The molecule has 5 nitrogen and oxygen atoms in total. The number of hydrogen-bond donors (Lipinski definition) is 2. The van der Waals surface area contributed by atoms with Gasteiger partial charge in [0.25, 0.3) is 12.3 Å². The standard InChI is InChI=1S/C13H18F2N2O3/c14-11(15)9-17-8-4-5-10(17)13(20)16-7-3-1-2-6-12(18)19/h4-5,8,11H,1-3,6-7,9H2,(H,16,20)(H,18,19). The Balaban J connectivity index is 2.29. The van der Waals surface area contributed by atoms with Crippen LogP contribution >= 0.6 is 0 Å². The molecule has 1 amide bonds. The van der Waals surface area contributed by atoms with Crippen molar-refractivity contribution in [3.63, 3.8) is 0 Å². The van der Waals surface area contributed by atoms with Crippen LogP contribution in [0.4, 0.5) is 8.78 Å². The maximum Gasteiger partial charge on any atom is 0.303 e. The minimum absolute atomic E-state index is 0.116. The van der Waals surface area contributed by atoms with Gasteiger partial charge in [-0.15, -0.1) is 0 Å². The maximum absolute atomic E-state index is 12.3. The van der Waals surface area contributed by atoms with Crippen molar-refractivity contribution in [3.05, 3.63) is 24.0 Å². The largest absolute Gasteiger partial charge is 0.481 e. The number of carboxylic acids is 1. The number of unbranched alkanes of at least 4 members (excludes halogenated alkanes) is 2. The van der Waals surface area contributed by atoms with Crippen LogP contribution < -0.4 is 5.32 Å². The third kappa shape index (κ3) is 5.81. The summed E-state index contributed by atoms with van der Waals surface area (Å²) in [7, 11) is 0. The maximum atomic E-state index is 12.3. The van der Waals surface area contributed by atoms with Crippen LogP contribution in [-0.2, 0) is 11.3 Å². The molecule has 1 rings (SSSR count). The lowest BCUT2D eigenvalue weighted by Crippen LogP contribution is -2.27. The van der Waals surface area contributed by atoms with Gasteiger partial charge in [0, 0.05) is 19.2 Å². The van der Waals surface area contributed by atoms with E-state index >= 15 is 0 Å². The number of rotatable bonds is 9. The van der Waals surface area contributed by atoms with Crippen LogP contribution in [0.3, 0.4) is 0 Å². The molecule has 0 unspecified atom stereocenters. The van der Waals surface area contributed by atoms with Crippen molar-refractivity contribution in [2.24, 2.45) is 0 Å². The van der Waals surface area contributed by atoms with E-state index in [9.17, 15) is 18.4 Å². The zero-order valence-electron chi connectivity index (χ0n) is 11.0. The first kappa shape index (κ1) is 16.1. The van der Waals surface area contributed by atoms with Crippen molar-refractivity contribution in [2.45, 2.75) is 38.7 Å². The lowest BCUT2D eigenvalue weighted by atomic mass is 10.2. The number of aromatic nitrogens is 1. The molecule has 1 heterocycles. The number of amides is 1. The fourth-order valence-corrected chi connectivity index (χ4v) is 1.80. The van der Waals surface area contributed by atoms with Crippen LogP contribution in [-0.4, -0.2) is 34.5 Å². The smallest absolute Gasteiger partial charge is 0.303 e. The van der Waals surface area contributed by atoms with Crippen molar-refractivity contribution in [3.8, 4) is 0 Å². The van der Waals surface area contributed by atoms with Gasteiger partial charge in [-0.05, 0) is 25.0 Å². The summed E-state index contributed by atoms with van der Waals surface area (Å²) in [5.41, 5.74) is 0.204. The normalized spacial score (nSPS) is 10.8. The Hall–Kier alpha value is -1.92. The molecule has 20 heavy (non-hydrogen) atoms. The number of nitrogens with one attached hydrogen (secondary N) is 1.